The average molecular weight is 723 g/mol. The zero-order chi connectivity index (χ0) is 37.6. The maximum atomic E-state index is 12.7. The SMILES string of the molecule is CCCCCCCCCC/C=C\CCCCCC(CCCCCCCC(=O)NCC(=O)NC(CO)C(=O)O)OC(=O)CCCCCCCCCC. The Labute approximate surface area is 311 Å². The van der Waals surface area contributed by atoms with Crippen LogP contribution in [0.25, 0.3) is 0 Å². The van der Waals surface area contributed by atoms with E-state index in [9.17, 15) is 19.2 Å². The number of carboxylic acids is 1. The number of carbonyl (C=O) groups excluding carboxylic acids is 3. The van der Waals surface area contributed by atoms with Crippen molar-refractivity contribution < 1.29 is 34.1 Å². The van der Waals surface area contributed by atoms with Gasteiger partial charge in [-0.1, -0.05) is 142 Å². The van der Waals surface area contributed by atoms with Gasteiger partial charge in [0.15, 0.2) is 0 Å². The summed E-state index contributed by atoms with van der Waals surface area (Å²) in [5.41, 5.74) is 0. The molecule has 4 N–H and O–H groups in total. The maximum Gasteiger partial charge on any atom is 0.328 e. The third-order valence-corrected chi connectivity index (χ3v) is 9.51. The second kappa shape index (κ2) is 37.3. The summed E-state index contributed by atoms with van der Waals surface area (Å²) in [7, 11) is 0. The van der Waals surface area contributed by atoms with Crippen molar-refractivity contribution in [2.24, 2.45) is 0 Å². The fraction of sp³-hybridized carbons (Fsp3) is 0.857. The van der Waals surface area contributed by atoms with Crippen LogP contribution in [-0.2, 0) is 23.9 Å². The highest BCUT2D eigenvalue weighted by atomic mass is 16.5. The largest absolute Gasteiger partial charge is 0.480 e. The highest BCUT2D eigenvalue weighted by Crippen LogP contribution is 2.18. The standard InChI is InChI=1S/C42H78N2O7/c1-3-5-7-9-11-13-14-15-16-17-18-19-20-23-27-31-37(51-41(48)34-30-26-21-12-10-8-6-4-2)32-28-24-22-25-29-33-39(46)43-35-40(47)44-38(36-45)42(49)50/h17-18,37-38,45H,3-16,19-36H2,1-2H3,(H,43,46)(H,44,47)(H,49,50)/b18-17-. The molecule has 0 fully saturated rings. The van der Waals surface area contributed by atoms with Crippen molar-refractivity contribution in [1.82, 2.24) is 10.6 Å². The van der Waals surface area contributed by atoms with Crippen LogP contribution in [0.4, 0.5) is 0 Å². The lowest BCUT2D eigenvalue weighted by atomic mass is 10.0. The second-order valence-corrected chi connectivity index (χ2v) is 14.4. The number of rotatable bonds is 38. The van der Waals surface area contributed by atoms with Gasteiger partial charge in [0.05, 0.1) is 13.2 Å². The molecular weight excluding hydrogens is 644 g/mol. The molecule has 2 unspecified atom stereocenters. The lowest BCUT2D eigenvalue weighted by Crippen LogP contribution is -2.47. The molecule has 0 aliphatic rings. The van der Waals surface area contributed by atoms with Crippen molar-refractivity contribution in [2.75, 3.05) is 13.2 Å². The molecule has 0 saturated heterocycles. The number of ether oxygens (including phenoxy) is 1. The van der Waals surface area contributed by atoms with E-state index < -0.39 is 24.5 Å². The van der Waals surface area contributed by atoms with Gasteiger partial charge in [-0.05, 0) is 64.2 Å². The van der Waals surface area contributed by atoms with Crippen LogP contribution < -0.4 is 10.6 Å². The number of nitrogens with one attached hydrogen (secondary N) is 2. The molecule has 0 aromatic carbocycles. The van der Waals surface area contributed by atoms with E-state index in [1.165, 1.54) is 103 Å². The van der Waals surface area contributed by atoms with Gasteiger partial charge in [-0.2, -0.15) is 0 Å². The van der Waals surface area contributed by atoms with Gasteiger partial charge in [-0.3, -0.25) is 14.4 Å². The third kappa shape index (κ3) is 34.4. The molecule has 0 aromatic heterocycles. The van der Waals surface area contributed by atoms with Gasteiger partial charge >= 0.3 is 11.9 Å². The first-order chi connectivity index (χ1) is 24.8. The zero-order valence-electron chi connectivity index (χ0n) is 32.9. The van der Waals surface area contributed by atoms with Crippen LogP contribution in [0.2, 0.25) is 0 Å². The number of aliphatic carboxylic acids is 1. The van der Waals surface area contributed by atoms with Crippen LogP contribution in [0, 0.1) is 0 Å². The lowest BCUT2D eigenvalue weighted by Gasteiger charge is -2.18. The number of hydrogen-bond acceptors (Lipinski definition) is 6. The molecule has 9 heteroatoms. The Balaban J connectivity index is 4.29. The van der Waals surface area contributed by atoms with Crippen LogP contribution in [0.5, 0.6) is 0 Å². The minimum atomic E-state index is -1.38. The monoisotopic (exact) mass is 723 g/mol. The van der Waals surface area contributed by atoms with Gasteiger partial charge in [0.2, 0.25) is 11.8 Å². The van der Waals surface area contributed by atoms with E-state index in [-0.39, 0.29) is 24.5 Å². The van der Waals surface area contributed by atoms with Crippen LogP contribution in [0.3, 0.4) is 0 Å². The summed E-state index contributed by atoms with van der Waals surface area (Å²) in [6.45, 7) is 3.47. The number of amides is 2. The zero-order valence-corrected chi connectivity index (χ0v) is 32.9. The molecule has 0 saturated carbocycles. The van der Waals surface area contributed by atoms with Crippen molar-refractivity contribution >= 4 is 23.8 Å². The van der Waals surface area contributed by atoms with Crippen molar-refractivity contribution in [2.45, 2.75) is 219 Å². The van der Waals surface area contributed by atoms with Crippen molar-refractivity contribution in [3.8, 4) is 0 Å². The summed E-state index contributed by atoms with van der Waals surface area (Å²) < 4.78 is 5.99. The predicted molar refractivity (Wildman–Crippen MR) is 209 cm³/mol. The summed E-state index contributed by atoms with van der Waals surface area (Å²) in [5, 5.41) is 22.5. The van der Waals surface area contributed by atoms with E-state index in [2.05, 4.69) is 36.6 Å². The Morgan fingerprint density at radius 2 is 1.00 bits per heavy atom. The number of carbonyl (C=O) groups is 4. The van der Waals surface area contributed by atoms with Crippen molar-refractivity contribution in [3.05, 3.63) is 12.2 Å². The van der Waals surface area contributed by atoms with E-state index in [1.807, 2.05) is 0 Å². The molecule has 0 aromatic rings. The highest BCUT2D eigenvalue weighted by molar-refractivity contribution is 5.87. The summed E-state index contributed by atoms with van der Waals surface area (Å²) in [6.07, 6.45) is 38.1. The smallest absolute Gasteiger partial charge is 0.328 e. The molecule has 0 spiro atoms. The number of hydrogen-bond donors (Lipinski definition) is 4. The van der Waals surface area contributed by atoms with E-state index in [4.69, 9.17) is 14.9 Å². The average Bonchev–Trinajstić information content (AvgIpc) is 3.11. The first kappa shape index (κ1) is 48.6. The third-order valence-electron chi connectivity index (χ3n) is 9.51. The number of carboxylic acid groups (broad SMARTS) is 1. The first-order valence-corrected chi connectivity index (χ1v) is 21.1. The van der Waals surface area contributed by atoms with Crippen LogP contribution in [-0.4, -0.2) is 59.3 Å². The van der Waals surface area contributed by atoms with Crippen LogP contribution >= 0.6 is 0 Å². The molecule has 0 aliphatic carbocycles. The molecule has 0 rings (SSSR count). The minimum Gasteiger partial charge on any atom is -0.480 e. The van der Waals surface area contributed by atoms with Crippen molar-refractivity contribution in [3.63, 3.8) is 0 Å². The lowest BCUT2D eigenvalue weighted by molar-refractivity contribution is -0.150. The first-order valence-electron chi connectivity index (χ1n) is 21.1. The van der Waals surface area contributed by atoms with E-state index >= 15 is 0 Å². The van der Waals surface area contributed by atoms with E-state index in [0.717, 1.165) is 70.6 Å². The molecule has 2 atom stereocenters. The summed E-state index contributed by atoms with van der Waals surface area (Å²) in [4.78, 5) is 47.4. The number of aliphatic hydroxyl groups is 1. The Kier molecular flexibility index (Phi) is 35.6. The Bertz CT molecular complexity index is 879. The van der Waals surface area contributed by atoms with Gasteiger partial charge in [-0.15, -0.1) is 0 Å². The Morgan fingerprint density at radius 1 is 0.569 bits per heavy atom. The quantitative estimate of drug-likeness (QED) is 0.0282. The van der Waals surface area contributed by atoms with E-state index in [0.29, 0.717) is 19.3 Å². The Morgan fingerprint density at radius 3 is 1.49 bits per heavy atom. The summed E-state index contributed by atoms with van der Waals surface area (Å²) in [6, 6.07) is -1.38. The van der Waals surface area contributed by atoms with Gasteiger partial charge in [0.25, 0.3) is 0 Å². The Hall–Kier alpha value is -2.42. The van der Waals surface area contributed by atoms with Gasteiger partial charge in [0, 0.05) is 12.8 Å². The highest BCUT2D eigenvalue weighted by Gasteiger charge is 2.19. The maximum absolute atomic E-state index is 12.7. The molecule has 0 heterocycles. The molecule has 0 bridgehead atoms. The van der Waals surface area contributed by atoms with Crippen LogP contribution in [0.1, 0.15) is 206 Å². The van der Waals surface area contributed by atoms with Gasteiger partial charge in [0.1, 0.15) is 12.1 Å². The topological polar surface area (TPSA) is 142 Å². The number of esters is 1. The fourth-order valence-electron chi connectivity index (χ4n) is 6.24. The predicted octanol–water partition coefficient (Wildman–Crippen LogP) is 9.88. The van der Waals surface area contributed by atoms with E-state index in [1.54, 1.807) is 0 Å². The molecule has 0 aliphatic heterocycles. The molecule has 51 heavy (non-hydrogen) atoms. The van der Waals surface area contributed by atoms with Crippen LogP contribution in [0.15, 0.2) is 12.2 Å². The number of aliphatic hydroxyl groups excluding tert-OH is 1. The molecule has 0 radical (unpaired) electrons. The number of unbranched alkanes of at least 4 members (excludes halogenated alkanes) is 22. The molecule has 9 nitrogen and oxygen atoms in total. The van der Waals surface area contributed by atoms with Gasteiger partial charge in [-0.25, -0.2) is 4.79 Å². The molecule has 2 amide bonds. The normalized spacial score (nSPS) is 12.5. The molecule has 298 valence electrons. The minimum absolute atomic E-state index is 0.0208. The second-order valence-electron chi connectivity index (χ2n) is 14.4. The van der Waals surface area contributed by atoms with Crippen molar-refractivity contribution in [1.29, 1.82) is 0 Å². The van der Waals surface area contributed by atoms with Gasteiger partial charge < -0.3 is 25.6 Å². The fourth-order valence-corrected chi connectivity index (χ4v) is 6.24. The molecular formula is C42H78N2O7. The summed E-state index contributed by atoms with van der Waals surface area (Å²) >= 11 is 0. The number of allylic oxidation sites excluding steroid dienone is 2. The summed E-state index contributed by atoms with van der Waals surface area (Å²) in [5.74, 6) is -2.30.